The molecule has 12 heavy (non-hydrogen) atoms. The average molecular weight is 189 g/mol. The van der Waals surface area contributed by atoms with Crippen molar-refractivity contribution in [2.75, 3.05) is 38.3 Å². The van der Waals surface area contributed by atoms with Crippen LogP contribution in [-0.4, -0.2) is 38.3 Å². The van der Waals surface area contributed by atoms with E-state index in [0.29, 0.717) is 0 Å². The fourth-order valence-corrected chi connectivity index (χ4v) is 2.56. The summed E-state index contributed by atoms with van der Waals surface area (Å²) in [5.74, 6) is 3.43. The first-order valence-electron chi connectivity index (χ1n) is 4.71. The summed E-state index contributed by atoms with van der Waals surface area (Å²) in [5, 5.41) is 3.38. The van der Waals surface area contributed by atoms with Crippen molar-refractivity contribution in [1.29, 1.82) is 0 Å². The minimum atomic E-state index is 0.898. The zero-order valence-corrected chi connectivity index (χ0v) is 8.66. The van der Waals surface area contributed by atoms with Crippen molar-refractivity contribution in [3.8, 4) is 0 Å². The molecule has 72 valence electrons. The Balaban J connectivity index is 1.91. The summed E-state index contributed by atoms with van der Waals surface area (Å²) < 4.78 is 5.00. The lowest BCUT2D eigenvalue weighted by Crippen LogP contribution is -2.28. The van der Waals surface area contributed by atoms with Gasteiger partial charge in [0.05, 0.1) is 6.61 Å². The summed E-state index contributed by atoms with van der Waals surface area (Å²) in [6.45, 7) is 3.33. The summed E-state index contributed by atoms with van der Waals surface area (Å²) in [7, 11) is 1.77. The quantitative estimate of drug-likeness (QED) is 0.660. The average Bonchev–Trinajstić information content (AvgIpc) is 2.14. The Morgan fingerprint density at radius 3 is 2.83 bits per heavy atom. The summed E-state index contributed by atoms with van der Waals surface area (Å²) in [5.41, 5.74) is 0. The molecular weight excluding hydrogens is 170 g/mol. The van der Waals surface area contributed by atoms with Crippen molar-refractivity contribution in [3.63, 3.8) is 0 Å². The van der Waals surface area contributed by atoms with Gasteiger partial charge in [-0.1, -0.05) is 0 Å². The van der Waals surface area contributed by atoms with Crippen LogP contribution in [0.3, 0.4) is 0 Å². The molecular formula is C9H19NOS. The Morgan fingerprint density at radius 2 is 2.17 bits per heavy atom. The van der Waals surface area contributed by atoms with Gasteiger partial charge < -0.3 is 10.1 Å². The van der Waals surface area contributed by atoms with Crippen LogP contribution >= 0.6 is 11.8 Å². The molecule has 1 rings (SSSR count). The zero-order valence-electron chi connectivity index (χ0n) is 7.84. The molecule has 1 saturated heterocycles. The van der Waals surface area contributed by atoms with E-state index < -0.39 is 0 Å². The maximum absolute atomic E-state index is 5.00. The van der Waals surface area contributed by atoms with Gasteiger partial charge in [0.2, 0.25) is 0 Å². The molecule has 0 aromatic rings. The third-order valence-corrected chi connectivity index (χ3v) is 3.41. The summed E-state index contributed by atoms with van der Waals surface area (Å²) >= 11 is 2.03. The first kappa shape index (κ1) is 10.4. The fourth-order valence-electron chi connectivity index (χ4n) is 1.44. The molecule has 1 fully saturated rings. The van der Waals surface area contributed by atoms with Gasteiger partial charge in [-0.3, -0.25) is 0 Å². The smallest absolute Gasteiger partial charge is 0.0552 e. The molecule has 3 heteroatoms. The van der Waals surface area contributed by atoms with Crippen molar-refractivity contribution >= 4 is 11.8 Å². The Labute approximate surface area is 79.4 Å². The van der Waals surface area contributed by atoms with E-state index in [1.807, 2.05) is 11.8 Å². The van der Waals surface area contributed by atoms with Crippen LogP contribution in [-0.2, 0) is 4.74 Å². The highest BCUT2D eigenvalue weighted by atomic mass is 32.2. The van der Waals surface area contributed by atoms with Gasteiger partial charge in [0.15, 0.2) is 0 Å². The zero-order chi connectivity index (χ0) is 8.65. The van der Waals surface area contributed by atoms with Crippen molar-refractivity contribution < 1.29 is 4.74 Å². The van der Waals surface area contributed by atoms with Crippen molar-refractivity contribution in [2.45, 2.75) is 12.8 Å². The summed E-state index contributed by atoms with van der Waals surface area (Å²) in [4.78, 5) is 0. The van der Waals surface area contributed by atoms with Crippen LogP contribution in [0.2, 0.25) is 0 Å². The minimum absolute atomic E-state index is 0.898. The highest BCUT2D eigenvalue weighted by Gasteiger charge is 2.11. The van der Waals surface area contributed by atoms with E-state index in [9.17, 15) is 0 Å². The lowest BCUT2D eigenvalue weighted by atomic mass is 10.0. The largest absolute Gasteiger partial charge is 0.384 e. The Kier molecular flexibility index (Phi) is 5.82. The van der Waals surface area contributed by atoms with Crippen LogP contribution in [0.25, 0.3) is 0 Å². The van der Waals surface area contributed by atoms with E-state index in [1.165, 1.54) is 31.7 Å². The van der Waals surface area contributed by atoms with Gasteiger partial charge >= 0.3 is 0 Å². The molecule has 0 aromatic carbocycles. The fraction of sp³-hybridized carbons (Fsp3) is 1.00. The highest BCUT2D eigenvalue weighted by Crippen LogP contribution is 2.17. The standard InChI is InChI=1S/C9H19NOS/c1-11-6-7-12-8-9-2-4-10-5-3-9/h9-10H,2-8H2,1H3. The molecule has 0 bridgehead atoms. The van der Waals surface area contributed by atoms with E-state index in [1.54, 1.807) is 7.11 Å². The van der Waals surface area contributed by atoms with Crippen LogP contribution in [0.4, 0.5) is 0 Å². The van der Waals surface area contributed by atoms with E-state index in [0.717, 1.165) is 18.3 Å². The molecule has 0 atom stereocenters. The van der Waals surface area contributed by atoms with Crippen LogP contribution in [0, 0.1) is 5.92 Å². The van der Waals surface area contributed by atoms with E-state index in [-0.39, 0.29) is 0 Å². The second kappa shape index (κ2) is 6.75. The van der Waals surface area contributed by atoms with Crippen LogP contribution in [0.5, 0.6) is 0 Å². The van der Waals surface area contributed by atoms with Gasteiger partial charge in [0, 0.05) is 12.9 Å². The molecule has 2 nitrogen and oxygen atoms in total. The number of methoxy groups -OCH3 is 1. The number of hydrogen-bond acceptors (Lipinski definition) is 3. The third-order valence-electron chi connectivity index (χ3n) is 2.24. The molecule has 1 aliphatic rings. The molecule has 0 aromatic heterocycles. The van der Waals surface area contributed by atoms with Crippen LogP contribution in [0.1, 0.15) is 12.8 Å². The predicted octanol–water partition coefficient (Wildman–Crippen LogP) is 1.37. The lowest BCUT2D eigenvalue weighted by Gasteiger charge is -2.21. The third kappa shape index (κ3) is 4.33. The molecule has 0 spiro atoms. The van der Waals surface area contributed by atoms with Gasteiger partial charge in [-0.15, -0.1) is 0 Å². The van der Waals surface area contributed by atoms with E-state index in [2.05, 4.69) is 5.32 Å². The first-order chi connectivity index (χ1) is 5.93. The minimum Gasteiger partial charge on any atom is -0.384 e. The second-order valence-corrected chi connectivity index (χ2v) is 4.41. The number of hydrogen-bond donors (Lipinski definition) is 1. The van der Waals surface area contributed by atoms with Crippen LogP contribution < -0.4 is 5.32 Å². The van der Waals surface area contributed by atoms with Gasteiger partial charge in [0.1, 0.15) is 0 Å². The molecule has 0 aliphatic carbocycles. The predicted molar refractivity (Wildman–Crippen MR) is 54.8 cm³/mol. The number of nitrogens with one attached hydrogen (secondary N) is 1. The molecule has 1 N–H and O–H groups in total. The van der Waals surface area contributed by atoms with E-state index >= 15 is 0 Å². The Bertz CT molecular complexity index is 105. The van der Waals surface area contributed by atoms with Crippen molar-refractivity contribution in [2.24, 2.45) is 5.92 Å². The van der Waals surface area contributed by atoms with Crippen LogP contribution in [0.15, 0.2) is 0 Å². The summed E-state index contributed by atoms with van der Waals surface area (Å²) in [6.07, 6.45) is 2.72. The number of thioether (sulfide) groups is 1. The normalized spacial score (nSPS) is 19.8. The summed E-state index contributed by atoms with van der Waals surface area (Å²) in [6, 6.07) is 0. The first-order valence-corrected chi connectivity index (χ1v) is 5.86. The SMILES string of the molecule is COCCSCC1CCNCC1. The van der Waals surface area contributed by atoms with Gasteiger partial charge in [-0.05, 0) is 37.6 Å². The van der Waals surface area contributed by atoms with Gasteiger partial charge in [0.25, 0.3) is 0 Å². The van der Waals surface area contributed by atoms with Gasteiger partial charge in [-0.2, -0.15) is 11.8 Å². The molecule has 0 radical (unpaired) electrons. The van der Waals surface area contributed by atoms with Crippen molar-refractivity contribution in [3.05, 3.63) is 0 Å². The van der Waals surface area contributed by atoms with Gasteiger partial charge in [-0.25, -0.2) is 0 Å². The number of piperidine rings is 1. The highest BCUT2D eigenvalue weighted by molar-refractivity contribution is 7.99. The maximum Gasteiger partial charge on any atom is 0.0552 e. The Morgan fingerprint density at radius 1 is 1.42 bits per heavy atom. The maximum atomic E-state index is 5.00. The monoisotopic (exact) mass is 189 g/mol. The molecule has 1 aliphatic heterocycles. The molecule has 0 amide bonds. The second-order valence-electron chi connectivity index (χ2n) is 3.26. The number of rotatable bonds is 5. The number of ether oxygens (including phenoxy) is 1. The molecule has 1 heterocycles. The molecule has 0 saturated carbocycles. The molecule has 0 unspecified atom stereocenters. The van der Waals surface area contributed by atoms with Crippen molar-refractivity contribution in [1.82, 2.24) is 5.32 Å². The lowest BCUT2D eigenvalue weighted by molar-refractivity contribution is 0.218. The topological polar surface area (TPSA) is 21.3 Å². The Hall–Kier alpha value is 0.270. The van der Waals surface area contributed by atoms with E-state index in [4.69, 9.17) is 4.74 Å².